The van der Waals surface area contributed by atoms with Gasteiger partial charge in [-0.3, -0.25) is 0 Å². The lowest BCUT2D eigenvalue weighted by atomic mass is 10.0. The molecule has 0 atom stereocenters. The van der Waals surface area contributed by atoms with Gasteiger partial charge in [0.05, 0.1) is 0 Å². The minimum absolute atomic E-state index is 0.0936. The Kier molecular flexibility index (Phi) is 6.12. The summed E-state index contributed by atoms with van der Waals surface area (Å²) in [6, 6.07) is 20.1. The predicted octanol–water partition coefficient (Wildman–Crippen LogP) is 7.61. The number of aromatic hydroxyl groups is 3. The SMILES string of the molecule is Cc1ccc(Oc2ccc(N(c3ccc(O)c(C)c3C)c3ccc(O)c(C)c3C)cc2)c(O)c1. The molecule has 0 aliphatic rings. The summed E-state index contributed by atoms with van der Waals surface area (Å²) < 4.78 is 5.89. The van der Waals surface area contributed by atoms with Crippen LogP contribution < -0.4 is 9.64 Å². The summed E-state index contributed by atoms with van der Waals surface area (Å²) >= 11 is 0. The van der Waals surface area contributed by atoms with Crippen LogP contribution in [-0.2, 0) is 0 Å². The standard InChI is InChI=1S/C29H29NO4/c1-17-6-15-29(28(33)16-17)34-23-9-7-22(8-10-23)30(24-11-13-26(31)20(4)18(24)2)25-12-14-27(32)21(5)19(25)3/h6-16,31-33H,1-5H3. The number of benzene rings is 4. The smallest absolute Gasteiger partial charge is 0.169 e. The van der Waals surface area contributed by atoms with E-state index in [4.69, 9.17) is 4.74 Å². The highest BCUT2D eigenvalue weighted by Crippen LogP contribution is 2.43. The first-order chi connectivity index (χ1) is 16.2. The molecule has 0 spiro atoms. The van der Waals surface area contributed by atoms with Crippen molar-refractivity contribution in [2.45, 2.75) is 34.6 Å². The summed E-state index contributed by atoms with van der Waals surface area (Å²) in [4.78, 5) is 2.11. The second-order valence-corrected chi connectivity index (χ2v) is 8.61. The quantitative estimate of drug-likeness (QED) is 0.289. The first kappa shape index (κ1) is 23.1. The summed E-state index contributed by atoms with van der Waals surface area (Å²) in [5.74, 6) is 1.59. The van der Waals surface area contributed by atoms with Gasteiger partial charge in [-0.1, -0.05) is 6.07 Å². The molecular weight excluding hydrogens is 426 g/mol. The summed E-state index contributed by atoms with van der Waals surface area (Å²) in [7, 11) is 0. The van der Waals surface area contributed by atoms with Gasteiger partial charge in [-0.05, 0) is 123 Å². The number of hydrogen-bond acceptors (Lipinski definition) is 5. The van der Waals surface area contributed by atoms with Crippen molar-refractivity contribution in [3.05, 3.63) is 94.5 Å². The first-order valence-corrected chi connectivity index (χ1v) is 11.1. The van der Waals surface area contributed by atoms with Gasteiger partial charge in [0.2, 0.25) is 0 Å². The van der Waals surface area contributed by atoms with Crippen molar-refractivity contribution in [3.8, 4) is 28.7 Å². The van der Waals surface area contributed by atoms with Gasteiger partial charge in [-0.25, -0.2) is 0 Å². The lowest BCUT2D eigenvalue weighted by molar-refractivity contribution is 0.411. The first-order valence-electron chi connectivity index (χ1n) is 11.1. The molecule has 0 bridgehead atoms. The number of phenols is 3. The molecule has 4 aromatic rings. The Balaban J connectivity index is 1.80. The van der Waals surface area contributed by atoms with Crippen molar-refractivity contribution < 1.29 is 20.1 Å². The van der Waals surface area contributed by atoms with Gasteiger partial charge in [0.15, 0.2) is 11.5 Å². The minimum Gasteiger partial charge on any atom is -0.508 e. The van der Waals surface area contributed by atoms with Gasteiger partial charge >= 0.3 is 0 Å². The van der Waals surface area contributed by atoms with Crippen molar-refractivity contribution in [3.63, 3.8) is 0 Å². The molecule has 34 heavy (non-hydrogen) atoms. The molecule has 0 saturated heterocycles. The third-order valence-electron chi connectivity index (χ3n) is 6.38. The Labute approximate surface area is 200 Å². The van der Waals surface area contributed by atoms with Gasteiger partial charge in [0.1, 0.15) is 17.2 Å². The van der Waals surface area contributed by atoms with Gasteiger partial charge in [-0.15, -0.1) is 0 Å². The summed E-state index contributed by atoms with van der Waals surface area (Å²) in [5.41, 5.74) is 7.22. The number of rotatable bonds is 5. The Morgan fingerprint density at radius 3 is 1.59 bits per heavy atom. The van der Waals surface area contributed by atoms with E-state index in [0.717, 1.165) is 44.9 Å². The number of ether oxygens (including phenoxy) is 1. The van der Waals surface area contributed by atoms with Crippen LogP contribution in [0.5, 0.6) is 28.7 Å². The van der Waals surface area contributed by atoms with Crippen molar-refractivity contribution in [1.82, 2.24) is 0 Å². The van der Waals surface area contributed by atoms with E-state index < -0.39 is 0 Å². The fourth-order valence-electron chi connectivity index (χ4n) is 3.98. The molecule has 4 aromatic carbocycles. The lowest BCUT2D eigenvalue weighted by Crippen LogP contribution is -2.13. The molecule has 0 aromatic heterocycles. The van der Waals surface area contributed by atoms with Crippen molar-refractivity contribution in [2.24, 2.45) is 0 Å². The molecular formula is C29H29NO4. The number of aryl methyl sites for hydroxylation is 1. The Bertz CT molecular complexity index is 1300. The van der Waals surface area contributed by atoms with E-state index in [2.05, 4.69) is 4.90 Å². The molecule has 0 aliphatic heterocycles. The zero-order chi connectivity index (χ0) is 24.6. The summed E-state index contributed by atoms with van der Waals surface area (Å²) in [6.45, 7) is 9.67. The van der Waals surface area contributed by atoms with E-state index in [9.17, 15) is 15.3 Å². The number of anilines is 3. The van der Waals surface area contributed by atoms with Crippen LogP contribution in [0, 0.1) is 34.6 Å². The normalized spacial score (nSPS) is 10.9. The average molecular weight is 456 g/mol. The van der Waals surface area contributed by atoms with E-state index in [-0.39, 0.29) is 17.2 Å². The molecule has 3 N–H and O–H groups in total. The fourth-order valence-corrected chi connectivity index (χ4v) is 3.98. The van der Waals surface area contributed by atoms with Crippen LogP contribution in [0.1, 0.15) is 27.8 Å². The van der Waals surface area contributed by atoms with Crippen molar-refractivity contribution in [2.75, 3.05) is 4.90 Å². The molecule has 0 radical (unpaired) electrons. The largest absolute Gasteiger partial charge is 0.508 e. The Hall–Kier alpha value is -4.12. The number of phenolic OH excluding ortho intramolecular Hbond substituents is 3. The molecule has 0 amide bonds. The van der Waals surface area contributed by atoms with Crippen LogP contribution in [0.3, 0.4) is 0 Å². The van der Waals surface area contributed by atoms with Crippen LogP contribution in [0.25, 0.3) is 0 Å². The fraction of sp³-hybridized carbons (Fsp3) is 0.172. The van der Waals surface area contributed by atoms with Gasteiger partial charge in [0, 0.05) is 17.1 Å². The minimum atomic E-state index is 0.0936. The molecule has 4 rings (SSSR count). The van der Waals surface area contributed by atoms with Crippen LogP contribution in [0.2, 0.25) is 0 Å². The highest BCUT2D eigenvalue weighted by Gasteiger charge is 2.20. The van der Waals surface area contributed by atoms with E-state index in [1.54, 1.807) is 24.3 Å². The maximum atomic E-state index is 10.2. The zero-order valence-electron chi connectivity index (χ0n) is 20.0. The maximum absolute atomic E-state index is 10.2. The Morgan fingerprint density at radius 1 is 0.559 bits per heavy atom. The third-order valence-corrected chi connectivity index (χ3v) is 6.38. The van der Waals surface area contributed by atoms with Crippen LogP contribution in [-0.4, -0.2) is 15.3 Å². The van der Waals surface area contributed by atoms with Crippen LogP contribution in [0.15, 0.2) is 66.7 Å². The van der Waals surface area contributed by atoms with E-state index in [0.29, 0.717) is 11.5 Å². The van der Waals surface area contributed by atoms with E-state index in [1.807, 2.05) is 77.1 Å². The summed E-state index contributed by atoms with van der Waals surface area (Å²) in [5, 5.41) is 30.6. The predicted molar refractivity (Wildman–Crippen MR) is 136 cm³/mol. The lowest BCUT2D eigenvalue weighted by Gasteiger charge is -2.30. The second kappa shape index (κ2) is 9.02. The van der Waals surface area contributed by atoms with Gasteiger partial charge in [0.25, 0.3) is 0 Å². The molecule has 0 saturated carbocycles. The monoisotopic (exact) mass is 455 g/mol. The van der Waals surface area contributed by atoms with Gasteiger partial charge < -0.3 is 25.0 Å². The van der Waals surface area contributed by atoms with E-state index >= 15 is 0 Å². The van der Waals surface area contributed by atoms with E-state index in [1.165, 1.54) is 0 Å². The van der Waals surface area contributed by atoms with Crippen LogP contribution in [0.4, 0.5) is 17.1 Å². The highest BCUT2D eigenvalue weighted by molar-refractivity contribution is 5.82. The van der Waals surface area contributed by atoms with Crippen molar-refractivity contribution in [1.29, 1.82) is 0 Å². The zero-order valence-corrected chi connectivity index (χ0v) is 20.0. The average Bonchev–Trinajstić information content (AvgIpc) is 2.81. The molecule has 5 heteroatoms. The molecule has 0 unspecified atom stereocenters. The molecule has 0 aliphatic carbocycles. The van der Waals surface area contributed by atoms with Crippen molar-refractivity contribution >= 4 is 17.1 Å². The molecule has 0 fully saturated rings. The maximum Gasteiger partial charge on any atom is 0.169 e. The third kappa shape index (κ3) is 4.25. The molecule has 5 nitrogen and oxygen atoms in total. The second-order valence-electron chi connectivity index (χ2n) is 8.61. The Morgan fingerprint density at radius 2 is 1.09 bits per heavy atom. The topological polar surface area (TPSA) is 73.2 Å². The number of hydrogen-bond donors (Lipinski definition) is 3. The number of nitrogens with zero attached hydrogens (tertiary/aromatic N) is 1. The molecule has 0 heterocycles. The molecule has 174 valence electrons. The highest BCUT2D eigenvalue weighted by atomic mass is 16.5. The van der Waals surface area contributed by atoms with Gasteiger partial charge in [-0.2, -0.15) is 0 Å². The van der Waals surface area contributed by atoms with Crippen LogP contribution >= 0.6 is 0 Å². The summed E-state index contributed by atoms with van der Waals surface area (Å²) in [6.07, 6.45) is 0.